The highest BCUT2D eigenvalue weighted by Crippen LogP contribution is 2.38. The fraction of sp³-hybridized carbons (Fsp3) is 0.250. The highest BCUT2D eigenvalue weighted by atomic mass is 19.4. The SMILES string of the molecule is COc1cc(C(=O)Nc2cc(=O)[nH]c3nc(C(F)(F)F)nn23)cc(OC)c1OC. The Morgan fingerprint density at radius 3 is 2.24 bits per heavy atom. The number of halogens is 3. The molecule has 3 rings (SSSR count). The first kappa shape index (κ1) is 20.0. The number of aromatic nitrogens is 4. The molecule has 10 nitrogen and oxygen atoms in total. The van der Waals surface area contributed by atoms with Crippen LogP contribution in [0.15, 0.2) is 23.0 Å². The van der Waals surface area contributed by atoms with Gasteiger partial charge >= 0.3 is 6.18 Å². The molecule has 2 aromatic heterocycles. The van der Waals surface area contributed by atoms with E-state index in [1.54, 1.807) is 0 Å². The van der Waals surface area contributed by atoms with Gasteiger partial charge in [-0.1, -0.05) is 0 Å². The molecule has 0 aliphatic carbocycles. The van der Waals surface area contributed by atoms with Crippen molar-refractivity contribution in [3.8, 4) is 17.2 Å². The van der Waals surface area contributed by atoms with Gasteiger partial charge in [-0.25, -0.2) is 0 Å². The van der Waals surface area contributed by atoms with Crippen LogP contribution in [-0.2, 0) is 6.18 Å². The van der Waals surface area contributed by atoms with Gasteiger partial charge in [0.2, 0.25) is 11.5 Å². The summed E-state index contributed by atoms with van der Waals surface area (Å²) in [7, 11) is 4.09. The molecule has 0 aliphatic heterocycles. The van der Waals surface area contributed by atoms with Crippen LogP contribution in [0.2, 0.25) is 0 Å². The third-order valence-corrected chi connectivity index (χ3v) is 3.76. The summed E-state index contributed by atoms with van der Waals surface area (Å²) in [5.41, 5.74) is -0.747. The molecule has 2 N–H and O–H groups in total. The number of alkyl halides is 3. The smallest absolute Gasteiger partial charge is 0.453 e. The van der Waals surface area contributed by atoms with Crippen molar-refractivity contribution < 1.29 is 32.2 Å². The molecule has 29 heavy (non-hydrogen) atoms. The van der Waals surface area contributed by atoms with E-state index >= 15 is 0 Å². The van der Waals surface area contributed by atoms with E-state index in [0.717, 1.165) is 6.07 Å². The summed E-state index contributed by atoms with van der Waals surface area (Å²) >= 11 is 0. The van der Waals surface area contributed by atoms with Gasteiger partial charge in [0.1, 0.15) is 5.82 Å². The minimum atomic E-state index is -4.83. The lowest BCUT2D eigenvalue weighted by molar-refractivity contribution is -0.144. The number of anilines is 1. The number of fused-ring (bicyclic) bond motifs is 1. The third kappa shape index (κ3) is 3.79. The number of hydrogen-bond acceptors (Lipinski definition) is 7. The van der Waals surface area contributed by atoms with Crippen molar-refractivity contribution in [3.05, 3.63) is 39.9 Å². The predicted molar refractivity (Wildman–Crippen MR) is 92.7 cm³/mol. The Bertz CT molecular complexity index is 1110. The average molecular weight is 413 g/mol. The lowest BCUT2D eigenvalue weighted by atomic mass is 10.1. The van der Waals surface area contributed by atoms with Crippen LogP contribution in [0.3, 0.4) is 0 Å². The molecule has 0 bridgehead atoms. The molecule has 0 saturated heterocycles. The van der Waals surface area contributed by atoms with Crippen LogP contribution in [0.1, 0.15) is 16.2 Å². The molecule has 1 aromatic carbocycles. The van der Waals surface area contributed by atoms with E-state index in [2.05, 4.69) is 20.4 Å². The maximum Gasteiger partial charge on any atom is 0.453 e. The summed E-state index contributed by atoms with van der Waals surface area (Å²) < 4.78 is 54.7. The number of ether oxygens (including phenoxy) is 3. The van der Waals surface area contributed by atoms with Crippen LogP contribution in [0, 0.1) is 0 Å². The Morgan fingerprint density at radius 2 is 1.72 bits per heavy atom. The van der Waals surface area contributed by atoms with Gasteiger partial charge in [0.05, 0.1) is 21.3 Å². The molecule has 0 saturated carbocycles. The van der Waals surface area contributed by atoms with Crippen LogP contribution < -0.4 is 25.1 Å². The Hall–Kier alpha value is -3.77. The molecule has 0 radical (unpaired) electrons. The second-order valence-corrected chi connectivity index (χ2v) is 5.56. The zero-order chi connectivity index (χ0) is 21.3. The standard InChI is InChI=1S/C16H14F3N5O5/c1-27-8-4-7(5-9(28-2)12(8)29-3)13(26)20-10-6-11(25)21-15-22-14(16(17,18)19)23-24(10)15/h4-6H,1-3H3,(H,20,26)(H,21,22,23,25). The number of hydrogen-bond donors (Lipinski definition) is 2. The van der Waals surface area contributed by atoms with Crippen LogP contribution in [0.4, 0.5) is 19.0 Å². The van der Waals surface area contributed by atoms with E-state index < -0.39 is 29.2 Å². The van der Waals surface area contributed by atoms with E-state index in [0.29, 0.717) is 4.52 Å². The second-order valence-electron chi connectivity index (χ2n) is 5.56. The van der Waals surface area contributed by atoms with Gasteiger partial charge in [-0.2, -0.15) is 22.7 Å². The number of amides is 1. The monoisotopic (exact) mass is 413 g/mol. The maximum atomic E-state index is 12.9. The number of nitrogens with zero attached hydrogens (tertiary/aromatic N) is 3. The molecule has 0 spiro atoms. The molecular weight excluding hydrogens is 399 g/mol. The van der Waals surface area contributed by atoms with Crippen molar-refractivity contribution in [1.29, 1.82) is 0 Å². The van der Waals surface area contributed by atoms with Gasteiger partial charge in [0, 0.05) is 11.6 Å². The Kier molecular flexibility index (Phi) is 5.05. The van der Waals surface area contributed by atoms with Crippen LogP contribution in [0.25, 0.3) is 5.78 Å². The number of aromatic amines is 1. The molecule has 13 heteroatoms. The molecule has 0 unspecified atom stereocenters. The fourth-order valence-electron chi connectivity index (χ4n) is 2.50. The summed E-state index contributed by atoms with van der Waals surface area (Å²) in [6.45, 7) is 0. The first-order chi connectivity index (χ1) is 13.7. The van der Waals surface area contributed by atoms with Gasteiger partial charge in [0.15, 0.2) is 11.5 Å². The topological polar surface area (TPSA) is 120 Å². The Morgan fingerprint density at radius 1 is 1.10 bits per heavy atom. The molecule has 1 amide bonds. The number of benzene rings is 1. The second kappa shape index (κ2) is 7.33. The quantitative estimate of drug-likeness (QED) is 0.653. The van der Waals surface area contributed by atoms with Crippen LogP contribution in [0.5, 0.6) is 17.2 Å². The van der Waals surface area contributed by atoms with Gasteiger partial charge in [-0.15, -0.1) is 5.10 Å². The Balaban J connectivity index is 2.04. The first-order valence-electron chi connectivity index (χ1n) is 7.86. The zero-order valence-electron chi connectivity index (χ0n) is 15.2. The minimum Gasteiger partial charge on any atom is -0.493 e. The number of carbonyl (C=O) groups is 1. The van der Waals surface area contributed by atoms with Crippen LogP contribution >= 0.6 is 0 Å². The predicted octanol–water partition coefficient (Wildman–Crippen LogP) is 1.71. The van der Waals surface area contributed by atoms with Gasteiger partial charge in [-0.3, -0.25) is 14.6 Å². The minimum absolute atomic E-state index is 0.0316. The molecule has 2 heterocycles. The number of H-pyrrole nitrogens is 1. The largest absolute Gasteiger partial charge is 0.493 e. The molecule has 0 fully saturated rings. The van der Waals surface area contributed by atoms with Gasteiger partial charge in [-0.05, 0) is 12.1 Å². The van der Waals surface area contributed by atoms with Crippen molar-refractivity contribution in [2.45, 2.75) is 6.18 Å². The third-order valence-electron chi connectivity index (χ3n) is 3.76. The maximum absolute atomic E-state index is 12.9. The van der Waals surface area contributed by atoms with E-state index in [9.17, 15) is 22.8 Å². The van der Waals surface area contributed by atoms with E-state index in [1.807, 2.05) is 0 Å². The summed E-state index contributed by atoms with van der Waals surface area (Å²) in [5, 5.41) is 5.62. The molecular formula is C16H14F3N5O5. The zero-order valence-corrected chi connectivity index (χ0v) is 15.2. The number of rotatable bonds is 5. The van der Waals surface area contributed by atoms with Crippen molar-refractivity contribution in [1.82, 2.24) is 19.6 Å². The van der Waals surface area contributed by atoms with Crippen LogP contribution in [-0.4, -0.2) is 46.8 Å². The highest BCUT2D eigenvalue weighted by molar-refractivity contribution is 6.04. The fourth-order valence-corrected chi connectivity index (χ4v) is 2.50. The lowest BCUT2D eigenvalue weighted by Gasteiger charge is -2.14. The summed E-state index contributed by atoms with van der Waals surface area (Å²) in [6.07, 6.45) is -4.83. The first-order valence-corrected chi connectivity index (χ1v) is 7.86. The van der Waals surface area contributed by atoms with E-state index in [-0.39, 0.29) is 28.6 Å². The highest BCUT2D eigenvalue weighted by Gasteiger charge is 2.36. The summed E-state index contributed by atoms with van der Waals surface area (Å²) in [5.74, 6) is -2.41. The molecule has 3 aromatic rings. The molecule has 154 valence electrons. The van der Waals surface area contributed by atoms with Crippen molar-refractivity contribution in [2.24, 2.45) is 0 Å². The Labute approximate surface area is 160 Å². The number of nitrogens with one attached hydrogen (secondary N) is 2. The number of methoxy groups -OCH3 is 3. The van der Waals surface area contributed by atoms with Gasteiger partial charge in [0.25, 0.3) is 17.3 Å². The van der Waals surface area contributed by atoms with Crippen molar-refractivity contribution >= 4 is 17.5 Å². The summed E-state index contributed by atoms with van der Waals surface area (Å²) in [6, 6.07) is 3.55. The van der Waals surface area contributed by atoms with E-state index in [1.165, 1.54) is 33.5 Å². The number of carbonyl (C=O) groups excluding carboxylic acids is 1. The normalized spacial score (nSPS) is 11.4. The molecule has 0 atom stereocenters. The average Bonchev–Trinajstić information content (AvgIpc) is 3.11. The van der Waals surface area contributed by atoms with Crippen molar-refractivity contribution in [3.63, 3.8) is 0 Å². The lowest BCUT2D eigenvalue weighted by Crippen LogP contribution is -2.19. The van der Waals surface area contributed by atoms with Gasteiger partial charge < -0.3 is 19.5 Å². The molecule has 0 aliphatic rings. The van der Waals surface area contributed by atoms with Crippen molar-refractivity contribution in [2.75, 3.05) is 26.6 Å². The van der Waals surface area contributed by atoms with E-state index in [4.69, 9.17) is 14.2 Å². The summed E-state index contributed by atoms with van der Waals surface area (Å²) in [4.78, 5) is 29.7.